The summed E-state index contributed by atoms with van der Waals surface area (Å²) in [7, 11) is 0. The molecule has 2 aromatic heterocycles. The van der Waals surface area contributed by atoms with Gasteiger partial charge in [0, 0.05) is 30.1 Å². The van der Waals surface area contributed by atoms with E-state index in [2.05, 4.69) is 35.6 Å². The molecule has 158 valence electrons. The fraction of sp³-hybridized carbons (Fsp3) is 0.316. The molecule has 0 bridgehead atoms. The van der Waals surface area contributed by atoms with Crippen LogP contribution in [0.25, 0.3) is 11.4 Å². The quantitative estimate of drug-likeness (QED) is 0.406. The number of piperidine rings is 1. The normalized spacial score (nSPS) is 14.6. The van der Waals surface area contributed by atoms with Crippen molar-refractivity contribution in [1.82, 2.24) is 15.1 Å². The van der Waals surface area contributed by atoms with E-state index in [1.165, 1.54) is 0 Å². The topological polar surface area (TPSA) is 132 Å². The lowest BCUT2D eigenvalue weighted by molar-refractivity contribution is -0.662. The van der Waals surface area contributed by atoms with E-state index in [-0.39, 0.29) is 16.8 Å². The van der Waals surface area contributed by atoms with Crippen LogP contribution in [0.2, 0.25) is 10.0 Å². The van der Waals surface area contributed by atoms with Gasteiger partial charge in [0.1, 0.15) is 5.69 Å². The van der Waals surface area contributed by atoms with Crippen LogP contribution in [0.3, 0.4) is 0 Å². The molecule has 11 heteroatoms. The van der Waals surface area contributed by atoms with E-state index < -0.39 is 11.7 Å². The fourth-order valence-corrected chi connectivity index (χ4v) is 3.89. The smallest absolute Gasteiger partial charge is 0.380 e. The Labute approximate surface area is 181 Å². The molecule has 1 fully saturated rings. The SMILES string of the molecule is Cc1[nH]c(C(=O)Nc2ccc(-c3noc(=O)[nH]3)cc2NC2CC[NH2+]CC2)c(Cl)c1Cl. The number of quaternary nitrogens is 1. The molecule has 6 N–H and O–H groups in total. The Kier molecular flexibility index (Phi) is 5.85. The monoisotopic (exact) mass is 451 g/mol. The van der Waals surface area contributed by atoms with Gasteiger partial charge in [-0.3, -0.25) is 14.3 Å². The van der Waals surface area contributed by atoms with E-state index in [0.717, 1.165) is 25.9 Å². The van der Waals surface area contributed by atoms with Crippen LogP contribution in [0.4, 0.5) is 11.4 Å². The minimum Gasteiger partial charge on any atom is -0.380 e. The zero-order chi connectivity index (χ0) is 21.3. The summed E-state index contributed by atoms with van der Waals surface area (Å²) in [5.41, 5.74) is 2.75. The number of carbonyl (C=O) groups is 1. The molecule has 1 saturated heterocycles. The maximum Gasteiger partial charge on any atom is 0.439 e. The highest BCUT2D eigenvalue weighted by Gasteiger charge is 2.21. The van der Waals surface area contributed by atoms with Crippen LogP contribution in [-0.4, -0.2) is 40.2 Å². The molecule has 4 rings (SSSR count). The molecule has 0 saturated carbocycles. The van der Waals surface area contributed by atoms with Gasteiger partial charge in [-0.05, 0) is 25.1 Å². The van der Waals surface area contributed by atoms with Crippen LogP contribution in [-0.2, 0) is 0 Å². The molecular formula is C19H21Cl2N6O3+. The Hall–Kier alpha value is -2.75. The number of nitrogens with zero attached hydrogens (tertiary/aromatic N) is 1. The Morgan fingerprint density at radius 2 is 1.97 bits per heavy atom. The summed E-state index contributed by atoms with van der Waals surface area (Å²) >= 11 is 12.3. The molecule has 1 aromatic carbocycles. The number of amides is 1. The number of benzene rings is 1. The van der Waals surface area contributed by atoms with E-state index in [1.807, 2.05) is 6.07 Å². The molecule has 0 atom stereocenters. The average molecular weight is 452 g/mol. The second-order valence-corrected chi connectivity index (χ2v) is 7.95. The number of hydrogen-bond donors (Lipinski definition) is 5. The highest BCUT2D eigenvalue weighted by atomic mass is 35.5. The lowest BCUT2D eigenvalue weighted by Crippen LogP contribution is -2.87. The van der Waals surface area contributed by atoms with Gasteiger partial charge in [0.15, 0.2) is 5.82 Å². The summed E-state index contributed by atoms with van der Waals surface area (Å²) in [4.78, 5) is 29.6. The Balaban J connectivity index is 1.65. The van der Waals surface area contributed by atoms with E-state index in [0.29, 0.717) is 33.5 Å². The minimum absolute atomic E-state index is 0.181. The van der Waals surface area contributed by atoms with Crippen molar-refractivity contribution in [1.29, 1.82) is 0 Å². The number of aromatic amines is 2. The number of rotatable bonds is 5. The maximum atomic E-state index is 12.8. The number of halogens is 2. The molecule has 0 spiro atoms. The summed E-state index contributed by atoms with van der Waals surface area (Å²) < 4.78 is 4.60. The molecule has 1 aliphatic heterocycles. The van der Waals surface area contributed by atoms with Crippen molar-refractivity contribution in [3.63, 3.8) is 0 Å². The fourth-order valence-electron chi connectivity index (χ4n) is 3.48. The summed E-state index contributed by atoms with van der Waals surface area (Å²) in [6.45, 7) is 3.81. The molecule has 30 heavy (non-hydrogen) atoms. The summed E-state index contributed by atoms with van der Waals surface area (Å²) in [5.74, 6) is -0.723. The number of anilines is 2. The van der Waals surface area contributed by atoms with E-state index in [1.54, 1.807) is 19.1 Å². The van der Waals surface area contributed by atoms with E-state index in [9.17, 15) is 9.59 Å². The van der Waals surface area contributed by atoms with Crippen LogP contribution in [0.15, 0.2) is 27.5 Å². The summed E-state index contributed by atoms with van der Waals surface area (Å²) in [6, 6.07) is 5.56. The first-order valence-electron chi connectivity index (χ1n) is 9.56. The van der Waals surface area contributed by atoms with Crippen LogP contribution >= 0.6 is 23.2 Å². The van der Waals surface area contributed by atoms with Gasteiger partial charge in [-0.25, -0.2) is 4.79 Å². The van der Waals surface area contributed by atoms with Crippen molar-refractivity contribution in [2.45, 2.75) is 25.8 Å². The Morgan fingerprint density at radius 1 is 1.20 bits per heavy atom. The molecule has 3 heterocycles. The van der Waals surface area contributed by atoms with Gasteiger partial charge in [-0.2, -0.15) is 0 Å². The summed E-state index contributed by atoms with van der Waals surface area (Å²) in [6.07, 6.45) is 1.99. The van der Waals surface area contributed by atoms with Crippen LogP contribution in [0.5, 0.6) is 0 Å². The third-order valence-corrected chi connectivity index (χ3v) is 6.01. The summed E-state index contributed by atoms with van der Waals surface area (Å²) in [5, 5.41) is 12.9. The van der Waals surface area contributed by atoms with Gasteiger partial charge in [0.25, 0.3) is 5.91 Å². The highest BCUT2D eigenvalue weighted by Crippen LogP contribution is 2.32. The molecule has 9 nitrogen and oxygen atoms in total. The molecule has 1 aliphatic rings. The lowest BCUT2D eigenvalue weighted by atomic mass is 10.1. The molecular weight excluding hydrogens is 431 g/mol. The third-order valence-electron chi connectivity index (χ3n) is 5.06. The van der Waals surface area contributed by atoms with Crippen molar-refractivity contribution >= 4 is 40.5 Å². The highest BCUT2D eigenvalue weighted by molar-refractivity contribution is 6.44. The van der Waals surface area contributed by atoms with Gasteiger partial charge in [0.05, 0.1) is 34.5 Å². The van der Waals surface area contributed by atoms with Crippen molar-refractivity contribution in [2.24, 2.45) is 0 Å². The minimum atomic E-state index is -0.631. The Bertz CT molecular complexity index is 1130. The van der Waals surface area contributed by atoms with Gasteiger partial charge < -0.3 is 20.9 Å². The van der Waals surface area contributed by atoms with Crippen molar-refractivity contribution in [2.75, 3.05) is 23.7 Å². The first-order valence-corrected chi connectivity index (χ1v) is 10.3. The Morgan fingerprint density at radius 3 is 2.60 bits per heavy atom. The van der Waals surface area contributed by atoms with Crippen LogP contribution < -0.4 is 21.7 Å². The van der Waals surface area contributed by atoms with Crippen molar-refractivity contribution in [3.8, 4) is 11.4 Å². The number of nitrogens with one attached hydrogen (secondary N) is 4. The van der Waals surface area contributed by atoms with Crippen LogP contribution in [0, 0.1) is 6.92 Å². The van der Waals surface area contributed by atoms with Gasteiger partial charge in [0.2, 0.25) is 0 Å². The van der Waals surface area contributed by atoms with Crippen LogP contribution in [0.1, 0.15) is 29.0 Å². The maximum absolute atomic E-state index is 12.8. The first-order chi connectivity index (χ1) is 14.4. The number of aryl methyl sites for hydroxylation is 1. The van der Waals surface area contributed by atoms with E-state index >= 15 is 0 Å². The van der Waals surface area contributed by atoms with E-state index in [4.69, 9.17) is 23.2 Å². The predicted octanol–water partition coefficient (Wildman–Crippen LogP) is 2.36. The predicted molar refractivity (Wildman–Crippen MR) is 114 cm³/mol. The molecule has 0 unspecified atom stereocenters. The number of hydrogen-bond acceptors (Lipinski definition) is 5. The molecule has 3 aromatic rings. The van der Waals surface area contributed by atoms with Gasteiger partial charge in [-0.15, -0.1) is 0 Å². The number of H-pyrrole nitrogens is 2. The zero-order valence-corrected chi connectivity index (χ0v) is 17.7. The molecule has 1 amide bonds. The zero-order valence-electron chi connectivity index (χ0n) is 16.1. The second-order valence-electron chi connectivity index (χ2n) is 7.20. The standard InChI is InChI=1S/C19H20Cl2N6O3/c1-9-14(20)15(21)16(23-9)18(28)25-12-3-2-10(17-26-19(29)30-27-17)8-13(12)24-11-4-6-22-7-5-11/h2-3,8,11,22-24H,4-7H2,1H3,(H,25,28)(H,26,27,29)/p+1. The third kappa shape index (κ3) is 4.23. The van der Waals surface area contributed by atoms with Gasteiger partial charge in [-0.1, -0.05) is 28.4 Å². The van der Waals surface area contributed by atoms with Crippen molar-refractivity contribution in [3.05, 3.63) is 50.2 Å². The molecule has 0 radical (unpaired) electrons. The lowest BCUT2D eigenvalue weighted by Gasteiger charge is -2.24. The average Bonchev–Trinajstić information content (AvgIpc) is 3.28. The number of aromatic nitrogens is 3. The van der Waals surface area contributed by atoms with Gasteiger partial charge >= 0.3 is 5.76 Å². The largest absolute Gasteiger partial charge is 0.439 e. The first kappa shape index (κ1) is 20.5. The number of nitrogens with two attached hydrogens (primary N) is 1. The molecule has 0 aliphatic carbocycles. The number of carbonyl (C=O) groups excluding carboxylic acids is 1. The van der Waals surface area contributed by atoms with Crippen molar-refractivity contribution < 1.29 is 14.6 Å². The second kappa shape index (κ2) is 8.55.